The molecule has 3 aliphatic heterocycles. The molecule has 0 unspecified atom stereocenters. The average Bonchev–Trinajstić information content (AvgIpc) is 3.01. The predicted octanol–water partition coefficient (Wildman–Crippen LogP) is 1.75. The fourth-order valence-electron chi connectivity index (χ4n) is 3.92. The van der Waals surface area contributed by atoms with Gasteiger partial charge in [-0.25, -0.2) is 4.98 Å². The van der Waals surface area contributed by atoms with E-state index in [1.807, 2.05) is 23.1 Å². The van der Waals surface area contributed by atoms with Gasteiger partial charge in [0.15, 0.2) is 0 Å². The summed E-state index contributed by atoms with van der Waals surface area (Å²) in [5, 5.41) is 0. The summed E-state index contributed by atoms with van der Waals surface area (Å²) in [6, 6.07) is 9.07. The number of hydrogen-bond donors (Lipinski definition) is 0. The van der Waals surface area contributed by atoms with Gasteiger partial charge in [-0.15, -0.1) is 0 Å². The van der Waals surface area contributed by atoms with Crippen LogP contribution in [0.3, 0.4) is 0 Å². The van der Waals surface area contributed by atoms with Gasteiger partial charge in [-0.1, -0.05) is 6.07 Å². The molecule has 3 saturated heterocycles. The second kappa shape index (κ2) is 7.34. The third-order valence-electron chi connectivity index (χ3n) is 5.33. The Balaban J connectivity index is 1.55. The highest BCUT2D eigenvalue weighted by atomic mass is 16.5. The quantitative estimate of drug-likeness (QED) is 0.824. The summed E-state index contributed by atoms with van der Waals surface area (Å²) in [5.41, 5.74) is 1.40. The van der Waals surface area contributed by atoms with Gasteiger partial charge in [0.25, 0.3) is 5.91 Å². The first-order valence-electron chi connectivity index (χ1n) is 9.15. The van der Waals surface area contributed by atoms with Crippen LogP contribution in [0.15, 0.2) is 42.7 Å². The van der Waals surface area contributed by atoms with E-state index in [-0.39, 0.29) is 23.8 Å². The zero-order valence-corrected chi connectivity index (χ0v) is 15.2. The topological polar surface area (TPSA) is 75.6 Å². The number of nitrogens with zero attached hydrogens (tertiary/aromatic N) is 4. The van der Waals surface area contributed by atoms with Gasteiger partial charge in [0.2, 0.25) is 11.8 Å². The molecule has 2 aromatic rings. The normalized spacial score (nSPS) is 21.9. The van der Waals surface area contributed by atoms with E-state index >= 15 is 0 Å². The largest absolute Gasteiger partial charge is 0.481 e. The first-order valence-corrected chi connectivity index (χ1v) is 9.15. The van der Waals surface area contributed by atoms with Crippen molar-refractivity contribution in [2.24, 2.45) is 5.92 Å². The molecule has 27 heavy (non-hydrogen) atoms. The second-order valence-corrected chi connectivity index (χ2v) is 7.01. The maximum atomic E-state index is 13.0. The lowest BCUT2D eigenvalue weighted by molar-refractivity contribution is -0.140. The van der Waals surface area contributed by atoms with Crippen molar-refractivity contribution in [3.8, 4) is 5.88 Å². The SMILES string of the molecule is COc1cc(C(=O)N2C[C@@H]3CC[C@H](C2)N(Cc2ccccn2)C3=O)ccn1. The minimum Gasteiger partial charge on any atom is -0.481 e. The summed E-state index contributed by atoms with van der Waals surface area (Å²) in [7, 11) is 1.52. The first kappa shape index (κ1) is 17.5. The van der Waals surface area contributed by atoms with Crippen molar-refractivity contribution in [2.75, 3.05) is 20.2 Å². The molecule has 5 rings (SSSR count). The maximum Gasteiger partial charge on any atom is 0.254 e. The maximum absolute atomic E-state index is 13.0. The second-order valence-electron chi connectivity index (χ2n) is 7.01. The minimum absolute atomic E-state index is 0.0194. The summed E-state index contributed by atoms with van der Waals surface area (Å²) in [6.07, 6.45) is 5.04. The summed E-state index contributed by atoms with van der Waals surface area (Å²) < 4.78 is 5.12. The molecule has 2 atom stereocenters. The van der Waals surface area contributed by atoms with Gasteiger partial charge in [-0.2, -0.15) is 0 Å². The summed E-state index contributed by atoms with van der Waals surface area (Å²) in [6.45, 7) is 1.49. The van der Waals surface area contributed by atoms with Crippen LogP contribution in [0, 0.1) is 5.92 Å². The highest BCUT2D eigenvalue weighted by molar-refractivity contribution is 5.95. The highest BCUT2D eigenvalue weighted by Gasteiger charge is 2.42. The predicted molar refractivity (Wildman–Crippen MR) is 98.0 cm³/mol. The van der Waals surface area contributed by atoms with E-state index in [4.69, 9.17) is 4.74 Å². The van der Waals surface area contributed by atoms with Crippen LogP contribution in [0.2, 0.25) is 0 Å². The Morgan fingerprint density at radius 3 is 2.85 bits per heavy atom. The van der Waals surface area contributed by atoms with E-state index in [0.29, 0.717) is 31.1 Å². The van der Waals surface area contributed by atoms with Gasteiger partial charge < -0.3 is 14.5 Å². The Hall–Kier alpha value is -2.96. The average molecular weight is 366 g/mol. The van der Waals surface area contributed by atoms with E-state index in [9.17, 15) is 9.59 Å². The standard InChI is InChI=1S/C20H22N4O3/c1-27-18-10-14(7-9-22-18)19(25)23-11-15-5-6-17(13-23)24(20(15)26)12-16-4-2-3-8-21-16/h2-4,7-10,15,17H,5-6,11-13H2,1H3/t15-,17+/m0/s1. The molecule has 7 nitrogen and oxygen atoms in total. The van der Waals surface area contributed by atoms with Crippen molar-refractivity contribution in [1.82, 2.24) is 19.8 Å². The van der Waals surface area contributed by atoms with Gasteiger partial charge in [0.05, 0.1) is 25.3 Å². The number of aromatic nitrogens is 2. The third-order valence-corrected chi connectivity index (χ3v) is 5.33. The molecule has 5 heterocycles. The Labute approximate surface area is 158 Å². The molecule has 7 heteroatoms. The third kappa shape index (κ3) is 3.49. The Morgan fingerprint density at radius 1 is 1.19 bits per heavy atom. The van der Waals surface area contributed by atoms with Crippen LogP contribution in [-0.4, -0.2) is 57.8 Å². The molecule has 0 spiro atoms. The van der Waals surface area contributed by atoms with E-state index in [1.54, 1.807) is 29.4 Å². The number of piperidine rings is 1. The Bertz CT molecular complexity index is 842. The molecular formula is C20H22N4O3. The van der Waals surface area contributed by atoms with Gasteiger partial charge in [-0.05, 0) is 31.0 Å². The molecule has 0 saturated carbocycles. The molecule has 0 radical (unpaired) electrons. The molecular weight excluding hydrogens is 344 g/mol. The van der Waals surface area contributed by atoms with Crippen molar-refractivity contribution in [3.63, 3.8) is 0 Å². The Morgan fingerprint density at radius 2 is 2.07 bits per heavy atom. The van der Waals surface area contributed by atoms with Gasteiger partial charge >= 0.3 is 0 Å². The van der Waals surface area contributed by atoms with Gasteiger partial charge in [0, 0.05) is 43.2 Å². The molecule has 0 aliphatic carbocycles. The fourth-order valence-corrected chi connectivity index (χ4v) is 3.92. The number of methoxy groups -OCH3 is 1. The van der Waals surface area contributed by atoms with Crippen LogP contribution in [0.1, 0.15) is 28.9 Å². The Kier molecular flexibility index (Phi) is 4.75. The smallest absolute Gasteiger partial charge is 0.254 e. The molecule has 2 amide bonds. The molecule has 3 fully saturated rings. The number of ether oxygens (including phenoxy) is 1. The van der Waals surface area contributed by atoms with E-state index in [0.717, 1.165) is 18.5 Å². The van der Waals surface area contributed by atoms with E-state index in [1.165, 1.54) is 7.11 Å². The number of amides is 2. The molecule has 0 N–H and O–H groups in total. The van der Waals surface area contributed by atoms with Crippen LogP contribution >= 0.6 is 0 Å². The number of carbonyl (C=O) groups excluding carboxylic acids is 2. The number of hydrogen-bond acceptors (Lipinski definition) is 5. The number of fused-ring (bicyclic) bond motifs is 4. The zero-order chi connectivity index (χ0) is 18.8. The van der Waals surface area contributed by atoms with Crippen molar-refractivity contribution < 1.29 is 14.3 Å². The number of rotatable bonds is 4. The lowest BCUT2D eigenvalue weighted by Gasteiger charge is -2.35. The molecule has 3 aliphatic rings. The number of pyridine rings is 2. The molecule has 140 valence electrons. The van der Waals surface area contributed by atoms with Crippen molar-refractivity contribution in [3.05, 3.63) is 54.0 Å². The lowest BCUT2D eigenvalue weighted by Crippen LogP contribution is -2.47. The van der Waals surface area contributed by atoms with Crippen LogP contribution in [0.5, 0.6) is 5.88 Å². The zero-order valence-electron chi connectivity index (χ0n) is 15.2. The van der Waals surface area contributed by atoms with Crippen molar-refractivity contribution >= 4 is 11.8 Å². The fraction of sp³-hybridized carbons (Fsp3) is 0.400. The van der Waals surface area contributed by atoms with Crippen LogP contribution in [0.25, 0.3) is 0 Å². The van der Waals surface area contributed by atoms with E-state index in [2.05, 4.69) is 9.97 Å². The summed E-state index contributed by atoms with van der Waals surface area (Å²) >= 11 is 0. The van der Waals surface area contributed by atoms with Crippen LogP contribution < -0.4 is 4.74 Å². The molecule has 0 aromatic carbocycles. The summed E-state index contributed by atoms with van der Waals surface area (Å²) in [4.78, 5) is 38.1. The first-order chi connectivity index (χ1) is 13.2. The van der Waals surface area contributed by atoms with Crippen LogP contribution in [0.4, 0.5) is 0 Å². The summed E-state index contributed by atoms with van der Waals surface area (Å²) in [5.74, 6) is 0.297. The lowest BCUT2D eigenvalue weighted by atomic mass is 9.94. The molecule has 2 bridgehead atoms. The monoisotopic (exact) mass is 366 g/mol. The van der Waals surface area contributed by atoms with Crippen LogP contribution in [-0.2, 0) is 11.3 Å². The number of carbonyl (C=O) groups is 2. The van der Waals surface area contributed by atoms with Gasteiger partial charge in [-0.3, -0.25) is 14.6 Å². The van der Waals surface area contributed by atoms with Crippen molar-refractivity contribution in [1.29, 1.82) is 0 Å². The van der Waals surface area contributed by atoms with Crippen molar-refractivity contribution in [2.45, 2.75) is 25.4 Å². The van der Waals surface area contributed by atoms with E-state index < -0.39 is 0 Å². The highest BCUT2D eigenvalue weighted by Crippen LogP contribution is 2.31. The minimum atomic E-state index is -0.153. The van der Waals surface area contributed by atoms with Gasteiger partial charge in [0.1, 0.15) is 0 Å². The molecule has 2 aromatic heterocycles.